The Kier molecular flexibility index (Phi) is 6.76. The summed E-state index contributed by atoms with van der Waals surface area (Å²) in [5.74, 6) is -0.591. The molecule has 1 aliphatic rings. The Hall–Kier alpha value is -2.47. The van der Waals surface area contributed by atoms with Gasteiger partial charge < -0.3 is 15.4 Å². The molecule has 0 aliphatic carbocycles. The molecule has 1 unspecified atom stereocenters. The van der Waals surface area contributed by atoms with Gasteiger partial charge in [-0.15, -0.1) is 0 Å². The van der Waals surface area contributed by atoms with Crippen LogP contribution in [-0.4, -0.2) is 31.3 Å². The molecule has 1 atom stereocenters. The van der Waals surface area contributed by atoms with Gasteiger partial charge in [-0.2, -0.15) is 0 Å². The molecule has 0 spiro atoms. The van der Waals surface area contributed by atoms with Gasteiger partial charge in [0, 0.05) is 19.2 Å². The van der Waals surface area contributed by atoms with Crippen molar-refractivity contribution in [2.45, 2.75) is 37.8 Å². The fourth-order valence-electron chi connectivity index (χ4n) is 3.23. The monoisotopic (exact) mass is 374 g/mol. The number of hydrogen-bond donors (Lipinski definition) is 2. The highest BCUT2D eigenvalue weighted by Gasteiger charge is 2.18. The van der Waals surface area contributed by atoms with Crippen molar-refractivity contribution in [2.75, 3.05) is 13.2 Å². The summed E-state index contributed by atoms with van der Waals surface area (Å²) in [6.07, 6.45) is 3.14. The highest BCUT2D eigenvalue weighted by atomic mass is 19.1. The molecule has 2 amide bonds. The molecule has 2 N–H and O–H groups in total. The van der Waals surface area contributed by atoms with Crippen LogP contribution in [-0.2, 0) is 17.6 Å². The van der Waals surface area contributed by atoms with Gasteiger partial charge in [-0.1, -0.05) is 24.3 Å². The standard InChI is InChI=1S/C21H24F2N2O2/c22-17-7-3-15(4-8-17)12-19(13-16-5-9-18(23)10-6-16)25-21(26)24-14-20-2-1-11-27-20/h3-10,19-20H,1-2,11-14H2,(H2,24,25,26). The van der Waals surface area contributed by atoms with Gasteiger partial charge in [-0.3, -0.25) is 0 Å². The zero-order valence-electron chi connectivity index (χ0n) is 15.1. The number of nitrogens with one attached hydrogen (secondary N) is 2. The Morgan fingerprint density at radius 3 is 2.04 bits per heavy atom. The number of ether oxygens (including phenoxy) is 1. The molecule has 1 aliphatic heterocycles. The Morgan fingerprint density at radius 2 is 1.56 bits per heavy atom. The van der Waals surface area contributed by atoms with Crippen LogP contribution in [0.15, 0.2) is 48.5 Å². The highest BCUT2D eigenvalue weighted by Crippen LogP contribution is 2.12. The van der Waals surface area contributed by atoms with Gasteiger partial charge in [-0.25, -0.2) is 13.6 Å². The lowest BCUT2D eigenvalue weighted by molar-refractivity contribution is 0.111. The summed E-state index contributed by atoms with van der Waals surface area (Å²) in [4.78, 5) is 12.3. The van der Waals surface area contributed by atoms with Gasteiger partial charge >= 0.3 is 6.03 Å². The van der Waals surface area contributed by atoms with Crippen LogP contribution in [0, 0.1) is 11.6 Å². The second-order valence-electron chi connectivity index (χ2n) is 6.85. The maximum Gasteiger partial charge on any atom is 0.315 e. The van der Waals surface area contributed by atoms with Crippen molar-refractivity contribution < 1.29 is 18.3 Å². The van der Waals surface area contributed by atoms with Crippen LogP contribution in [0.1, 0.15) is 24.0 Å². The fourth-order valence-corrected chi connectivity index (χ4v) is 3.23. The number of rotatable bonds is 7. The van der Waals surface area contributed by atoms with E-state index in [2.05, 4.69) is 10.6 Å². The van der Waals surface area contributed by atoms with Crippen molar-refractivity contribution in [1.29, 1.82) is 0 Å². The smallest absolute Gasteiger partial charge is 0.315 e. The second-order valence-corrected chi connectivity index (χ2v) is 6.85. The Morgan fingerprint density at radius 1 is 1.00 bits per heavy atom. The molecule has 27 heavy (non-hydrogen) atoms. The van der Waals surface area contributed by atoms with Gasteiger partial charge in [0.2, 0.25) is 0 Å². The van der Waals surface area contributed by atoms with E-state index in [9.17, 15) is 13.6 Å². The van der Waals surface area contributed by atoms with Crippen LogP contribution < -0.4 is 10.6 Å². The van der Waals surface area contributed by atoms with Gasteiger partial charge in [-0.05, 0) is 61.1 Å². The van der Waals surface area contributed by atoms with E-state index >= 15 is 0 Å². The first kappa shape index (κ1) is 19.3. The van der Waals surface area contributed by atoms with Crippen molar-refractivity contribution in [3.05, 3.63) is 71.3 Å². The highest BCUT2D eigenvalue weighted by molar-refractivity contribution is 5.74. The molecule has 3 rings (SSSR count). The largest absolute Gasteiger partial charge is 0.376 e. The number of benzene rings is 2. The van der Waals surface area contributed by atoms with Crippen molar-refractivity contribution in [2.24, 2.45) is 0 Å². The minimum atomic E-state index is -0.295. The lowest BCUT2D eigenvalue weighted by atomic mass is 9.99. The van der Waals surface area contributed by atoms with E-state index in [1.165, 1.54) is 24.3 Å². The summed E-state index contributed by atoms with van der Waals surface area (Å²) in [6.45, 7) is 1.22. The average molecular weight is 374 g/mol. The molecule has 1 fully saturated rings. The van der Waals surface area contributed by atoms with E-state index in [0.717, 1.165) is 30.6 Å². The quantitative estimate of drug-likeness (QED) is 0.778. The first-order valence-corrected chi connectivity index (χ1v) is 9.23. The summed E-state index contributed by atoms with van der Waals surface area (Å²) in [5.41, 5.74) is 1.84. The summed E-state index contributed by atoms with van der Waals surface area (Å²) in [5, 5.41) is 5.82. The molecule has 0 saturated carbocycles. The predicted molar refractivity (Wildman–Crippen MR) is 99.5 cm³/mol. The van der Waals surface area contributed by atoms with E-state index in [4.69, 9.17) is 4.74 Å². The summed E-state index contributed by atoms with van der Waals surface area (Å²) >= 11 is 0. The van der Waals surface area contributed by atoms with Gasteiger partial charge in [0.15, 0.2) is 0 Å². The average Bonchev–Trinajstić information content (AvgIpc) is 3.17. The first-order chi connectivity index (χ1) is 13.1. The molecular weight excluding hydrogens is 350 g/mol. The summed E-state index contributed by atoms with van der Waals surface area (Å²) < 4.78 is 31.8. The molecule has 2 aromatic rings. The molecule has 0 bridgehead atoms. The van der Waals surface area contributed by atoms with E-state index in [1.807, 2.05) is 0 Å². The van der Waals surface area contributed by atoms with Crippen LogP contribution in [0.3, 0.4) is 0 Å². The molecule has 0 radical (unpaired) electrons. The normalized spacial score (nSPS) is 16.5. The van der Waals surface area contributed by atoms with Crippen LogP contribution in [0.2, 0.25) is 0 Å². The summed E-state index contributed by atoms with van der Waals surface area (Å²) in [7, 11) is 0. The van der Waals surface area contributed by atoms with Gasteiger partial charge in [0.05, 0.1) is 6.10 Å². The lowest BCUT2D eigenvalue weighted by Crippen LogP contribution is -2.46. The first-order valence-electron chi connectivity index (χ1n) is 9.23. The number of halogens is 2. The third kappa shape index (κ3) is 6.32. The number of hydrogen-bond acceptors (Lipinski definition) is 2. The number of carbonyl (C=O) groups is 1. The number of urea groups is 1. The van der Waals surface area contributed by atoms with Crippen LogP contribution in [0.25, 0.3) is 0 Å². The molecular formula is C21H24F2N2O2. The van der Waals surface area contributed by atoms with Gasteiger partial charge in [0.25, 0.3) is 0 Å². The number of carbonyl (C=O) groups excluding carboxylic acids is 1. The minimum absolute atomic E-state index is 0.0726. The Balaban J connectivity index is 1.61. The summed E-state index contributed by atoms with van der Waals surface area (Å²) in [6, 6.07) is 12.0. The number of amides is 2. The molecule has 6 heteroatoms. The van der Waals surface area contributed by atoms with Crippen molar-refractivity contribution in [3.63, 3.8) is 0 Å². The zero-order valence-corrected chi connectivity index (χ0v) is 15.1. The Labute approximate surface area is 157 Å². The van der Waals surface area contributed by atoms with Crippen LogP contribution >= 0.6 is 0 Å². The van der Waals surface area contributed by atoms with E-state index < -0.39 is 0 Å². The van der Waals surface area contributed by atoms with E-state index in [1.54, 1.807) is 24.3 Å². The third-order valence-corrected chi connectivity index (χ3v) is 4.64. The van der Waals surface area contributed by atoms with Crippen LogP contribution in [0.5, 0.6) is 0 Å². The predicted octanol–water partition coefficient (Wildman–Crippen LogP) is 3.60. The molecule has 1 saturated heterocycles. The second kappa shape index (κ2) is 9.46. The Bertz CT molecular complexity index is 681. The molecule has 4 nitrogen and oxygen atoms in total. The molecule has 144 valence electrons. The molecule has 1 heterocycles. The third-order valence-electron chi connectivity index (χ3n) is 4.64. The van der Waals surface area contributed by atoms with Crippen molar-refractivity contribution in [3.8, 4) is 0 Å². The van der Waals surface area contributed by atoms with Gasteiger partial charge in [0.1, 0.15) is 11.6 Å². The molecule has 0 aromatic heterocycles. The van der Waals surface area contributed by atoms with Crippen molar-refractivity contribution >= 4 is 6.03 Å². The van der Waals surface area contributed by atoms with Crippen LogP contribution in [0.4, 0.5) is 13.6 Å². The fraction of sp³-hybridized carbons (Fsp3) is 0.381. The molecule has 2 aromatic carbocycles. The maximum absolute atomic E-state index is 13.1. The van der Waals surface area contributed by atoms with E-state index in [-0.39, 0.29) is 29.8 Å². The topological polar surface area (TPSA) is 50.4 Å². The van der Waals surface area contributed by atoms with E-state index in [0.29, 0.717) is 19.4 Å². The van der Waals surface area contributed by atoms with Crippen molar-refractivity contribution in [1.82, 2.24) is 10.6 Å². The maximum atomic E-state index is 13.1. The minimum Gasteiger partial charge on any atom is -0.376 e. The zero-order chi connectivity index (χ0) is 19.1. The SMILES string of the molecule is O=C(NCC1CCCO1)NC(Cc1ccc(F)cc1)Cc1ccc(F)cc1. The lowest BCUT2D eigenvalue weighted by Gasteiger charge is -2.20.